The Balaban J connectivity index is 2.70. The third kappa shape index (κ3) is 4.39. The second-order valence-corrected chi connectivity index (χ2v) is 5.31. The Morgan fingerprint density at radius 1 is 1.18 bits per heavy atom. The highest BCUT2D eigenvalue weighted by atomic mass is 16.5. The molecule has 0 saturated heterocycles. The molecule has 0 saturated carbocycles. The van der Waals surface area contributed by atoms with Gasteiger partial charge in [0.1, 0.15) is 5.75 Å². The topological polar surface area (TPSA) is 35.2 Å². The van der Waals surface area contributed by atoms with Crippen LogP contribution in [0.1, 0.15) is 51.2 Å². The summed E-state index contributed by atoms with van der Waals surface area (Å²) >= 11 is 0. The average molecular weight is 235 g/mol. The van der Waals surface area contributed by atoms with Gasteiger partial charge in [-0.15, -0.1) is 0 Å². The molecule has 0 aliphatic heterocycles. The maximum absolute atomic E-state index is 5.86. The molecule has 0 radical (unpaired) electrons. The highest BCUT2D eigenvalue weighted by Gasteiger charge is 2.09. The number of ether oxygens (including phenoxy) is 1. The van der Waals surface area contributed by atoms with Crippen molar-refractivity contribution in [1.82, 2.24) is 0 Å². The molecular weight excluding hydrogens is 210 g/mol. The fourth-order valence-electron chi connectivity index (χ4n) is 2.17. The first kappa shape index (κ1) is 14.0. The second kappa shape index (κ2) is 6.06. The van der Waals surface area contributed by atoms with E-state index >= 15 is 0 Å². The first-order valence-electron chi connectivity index (χ1n) is 6.43. The Hall–Kier alpha value is -1.02. The monoisotopic (exact) mass is 235 g/mol. The van der Waals surface area contributed by atoms with Crippen molar-refractivity contribution in [2.75, 3.05) is 0 Å². The van der Waals surface area contributed by atoms with Gasteiger partial charge in [-0.3, -0.25) is 0 Å². The van der Waals surface area contributed by atoms with E-state index in [9.17, 15) is 0 Å². The van der Waals surface area contributed by atoms with Crippen LogP contribution in [0.25, 0.3) is 0 Å². The zero-order valence-electron chi connectivity index (χ0n) is 11.7. The van der Waals surface area contributed by atoms with E-state index in [1.807, 2.05) is 6.92 Å². The summed E-state index contributed by atoms with van der Waals surface area (Å²) in [6, 6.07) is 6.52. The maximum Gasteiger partial charge on any atom is 0.119 e. The van der Waals surface area contributed by atoms with Gasteiger partial charge in [0.25, 0.3) is 0 Å². The lowest BCUT2D eigenvalue weighted by molar-refractivity contribution is 0.203. The van der Waals surface area contributed by atoms with E-state index in [0.29, 0.717) is 5.92 Å². The number of benzene rings is 1. The van der Waals surface area contributed by atoms with Crippen molar-refractivity contribution in [3.05, 3.63) is 29.3 Å². The van der Waals surface area contributed by atoms with Gasteiger partial charge in [0.05, 0.1) is 6.10 Å². The summed E-state index contributed by atoms with van der Waals surface area (Å²) in [5.74, 6) is 1.51. The Bertz CT molecular complexity index is 358. The molecule has 0 aliphatic rings. The van der Waals surface area contributed by atoms with Crippen molar-refractivity contribution in [2.45, 2.75) is 59.1 Å². The molecule has 0 heterocycles. The lowest BCUT2D eigenvalue weighted by Gasteiger charge is -2.18. The minimum absolute atomic E-state index is 0.166. The smallest absolute Gasteiger partial charge is 0.119 e. The highest BCUT2D eigenvalue weighted by Crippen LogP contribution is 2.24. The zero-order valence-corrected chi connectivity index (χ0v) is 11.7. The standard InChI is InChI=1S/C15H25NO/c1-10(2)15-7-6-14(8-11(15)3)17-13(5)9-12(4)16/h6-8,10,12-13H,9,16H2,1-5H3. The summed E-state index contributed by atoms with van der Waals surface area (Å²) in [6.07, 6.45) is 1.05. The van der Waals surface area contributed by atoms with Crippen molar-refractivity contribution >= 4 is 0 Å². The third-order valence-corrected chi connectivity index (χ3v) is 2.90. The van der Waals surface area contributed by atoms with Gasteiger partial charge in [-0.1, -0.05) is 19.9 Å². The molecule has 0 amide bonds. The maximum atomic E-state index is 5.86. The molecule has 1 aromatic rings. The SMILES string of the molecule is Cc1cc(OC(C)CC(C)N)ccc1C(C)C. The average Bonchev–Trinajstić information content (AvgIpc) is 2.15. The quantitative estimate of drug-likeness (QED) is 0.846. The first-order valence-corrected chi connectivity index (χ1v) is 6.43. The molecule has 17 heavy (non-hydrogen) atoms. The Labute approximate surface area is 105 Å². The van der Waals surface area contributed by atoms with Gasteiger partial charge >= 0.3 is 0 Å². The first-order chi connectivity index (χ1) is 7.90. The van der Waals surface area contributed by atoms with E-state index in [1.54, 1.807) is 0 Å². The lowest BCUT2D eigenvalue weighted by atomic mass is 9.98. The summed E-state index contributed by atoms with van der Waals surface area (Å²) in [5, 5.41) is 0. The summed E-state index contributed by atoms with van der Waals surface area (Å²) in [4.78, 5) is 0. The Morgan fingerprint density at radius 2 is 1.82 bits per heavy atom. The summed E-state index contributed by atoms with van der Waals surface area (Å²) < 4.78 is 5.86. The molecule has 0 bridgehead atoms. The molecule has 2 atom stereocenters. The van der Waals surface area contributed by atoms with Gasteiger partial charge in [0.2, 0.25) is 0 Å². The normalized spacial score (nSPS) is 14.8. The number of nitrogens with two attached hydrogens (primary N) is 1. The van der Waals surface area contributed by atoms with E-state index in [4.69, 9.17) is 10.5 Å². The fraction of sp³-hybridized carbons (Fsp3) is 0.600. The Kier molecular flexibility index (Phi) is 5.01. The largest absolute Gasteiger partial charge is 0.491 e. The summed E-state index contributed by atoms with van der Waals surface area (Å²) in [7, 11) is 0. The van der Waals surface area contributed by atoms with Crippen LogP contribution in [-0.2, 0) is 0 Å². The van der Waals surface area contributed by atoms with Gasteiger partial charge < -0.3 is 10.5 Å². The molecule has 0 spiro atoms. The van der Waals surface area contributed by atoms with Crippen LogP contribution in [0.15, 0.2) is 18.2 Å². The molecule has 2 unspecified atom stereocenters. The zero-order chi connectivity index (χ0) is 13.0. The van der Waals surface area contributed by atoms with E-state index in [0.717, 1.165) is 12.2 Å². The predicted molar refractivity (Wildman–Crippen MR) is 73.6 cm³/mol. The third-order valence-electron chi connectivity index (χ3n) is 2.90. The number of rotatable bonds is 5. The highest BCUT2D eigenvalue weighted by molar-refractivity contribution is 5.36. The molecule has 1 aromatic carbocycles. The van der Waals surface area contributed by atoms with Gasteiger partial charge in [0, 0.05) is 6.04 Å². The van der Waals surface area contributed by atoms with Crippen molar-refractivity contribution < 1.29 is 4.74 Å². The van der Waals surface area contributed by atoms with Crippen LogP contribution in [0, 0.1) is 6.92 Å². The molecular formula is C15H25NO. The summed E-state index contributed by atoms with van der Waals surface area (Å²) in [6.45, 7) is 10.6. The number of hydrogen-bond donors (Lipinski definition) is 1. The van der Waals surface area contributed by atoms with Crippen molar-refractivity contribution in [3.63, 3.8) is 0 Å². The van der Waals surface area contributed by atoms with E-state index in [1.165, 1.54) is 11.1 Å². The summed E-state index contributed by atoms with van der Waals surface area (Å²) in [5.41, 5.74) is 8.44. The van der Waals surface area contributed by atoms with Crippen LogP contribution in [0.3, 0.4) is 0 Å². The van der Waals surface area contributed by atoms with Gasteiger partial charge in [-0.05, 0) is 56.4 Å². The molecule has 0 aliphatic carbocycles. The van der Waals surface area contributed by atoms with Crippen LogP contribution in [0.2, 0.25) is 0 Å². The minimum atomic E-state index is 0.166. The predicted octanol–water partition coefficient (Wildman–Crippen LogP) is 3.62. The van der Waals surface area contributed by atoms with E-state index in [2.05, 4.69) is 45.9 Å². The fourth-order valence-corrected chi connectivity index (χ4v) is 2.17. The number of aryl methyl sites for hydroxylation is 1. The van der Waals surface area contributed by atoms with Crippen LogP contribution in [0.5, 0.6) is 5.75 Å². The molecule has 0 aromatic heterocycles. The van der Waals surface area contributed by atoms with Crippen LogP contribution >= 0.6 is 0 Å². The molecule has 96 valence electrons. The molecule has 2 nitrogen and oxygen atoms in total. The molecule has 1 rings (SSSR count). The van der Waals surface area contributed by atoms with Crippen LogP contribution in [0.4, 0.5) is 0 Å². The van der Waals surface area contributed by atoms with Crippen LogP contribution in [-0.4, -0.2) is 12.1 Å². The molecule has 0 fully saturated rings. The molecule has 2 heteroatoms. The van der Waals surface area contributed by atoms with Crippen LogP contribution < -0.4 is 10.5 Å². The van der Waals surface area contributed by atoms with Crippen molar-refractivity contribution in [1.29, 1.82) is 0 Å². The van der Waals surface area contributed by atoms with Crippen molar-refractivity contribution in [3.8, 4) is 5.75 Å². The Morgan fingerprint density at radius 3 is 2.29 bits per heavy atom. The number of hydrogen-bond acceptors (Lipinski definition) is 2. The van der Waals surface area contributed by atoms with Gasteiger partial charge in [0.15, 0.2) is 0 Å². The van der Waals surface area contributed by atoms with Gasteiger partial charge in [-0.25, -0.2) is 0 Å². The van der Waals surface area contributed by atoms with Crippen molar-refractivity contribution in [2.24, 2.45) is 5.73 Å². The molecule has 2 N–H and O–H groups in total. The van der Waals surface area contributed by atoms with E-state index < -0.39 is 0 Å². The minimum Gasteiger partial charge on any atom is -0.491 e. The van der Waals surface area contributed by atoms with Gasteiger partial charge in [-0.2, -0.15) is 0 Å². The van der Waals surface area contributed by atoms with E-state index in [-0.39, 0.29) is 12.1 Å². The second-order valence-electron chi connectivity index (χ2n) is 5.31. The lowest BCUT2D eigenvalue weighted by Crippen LogP contribution is -2.24.